The first-order chi connectivity index (χ1) is 13.5. The third-order valence-corrected chi connectivity index (χ3v) is 5.76. The van der Waals surface area contributed by atoms with Gasteiger partial charge in [-0.15, -0.1) is 11.3 Å². The molecule has 3 aromatic carbocycles. The summed E-state index contributed by atoms with van der Waals surface area (Å²) in [5, 5.41) is 4.21. The molecule has 1 N–H and O–H groups in total. The van der Waals surface area contributed by atoms with E-state index in [1.807, 2.05) is 55.5 Å². The smallest absolute Gasteiger partial charge is 0.257 e. The summed E-state index contributed by atoms with van der Waals surface area (Å²) >= 11 is 7.84. The second-order valence-corrected chi connectivity index (χ2v) is 7.78. The number of nitrogens with zero attached hydrogens (tertiary/aromatic N) is 1. The van der Waals surface area contributed by atoms with Crippen LogP contribution in [0, 0.1) is 6.92 Å². The summed E-state index contributed by atoms with van der Waals surface area (Å²) < 4.78 is 6.53. The molecule has 0 aliphatic heterocycles. The van der Waals surface area contributed by atoms with Crippen LogP contribution < -0.4 is 10.1 Å². The highest BCUT2D eigenvalue weighted by molar-refractivity contribution is 7.21. The van der Waals surface area contributed by atoms with Gasteiger partial charge >= 0.3 is 0 Å². The van der Waals surface area contributed by atoms with Crippen LogP contribution in [0.5, 0.6) is 5.75 Å². The van der Waals surface area contributed by atoms with Gasteiger partial charge in [-0.2, -0.15) is 0 Å². The highest BCUT2D eigenvalue weighted by atomic mass is 35.5. The summed E-state index contributed by atoms with van der Waals surface area (Å²) in [6.45, 7) is 1.93. The van der Waals surface area contributed by atoms with Gasteiger partial charge in [0.2, 0.25) is 0 Å². The maximum atomic E-state index is 12.7. The average molecular weight is 409 g/mol. The highest BCUT2D eigenvalue weighted by Crippen LogP contribution is 2.35. The molecule has 1 aromatic heterocycles. The van der Waals surface area contributed by atoms with Crippen LogP contribution in [-0.4, -0.2) is 18.0 Å². The van der Waals surface area contributed by atoms with Gasteiger partial charge in [0.05, 0.1) is 33.6 Å². The van der Waals surface area contributed by atoms with Crippen LogP contribution in [0.15, 0.2) is 60.7 Å². The van der Waals surface area contributed by atoms with Crippen molar-refractivity contribution in [3.05, 3.63) is 76.8 Å². The van der Waals surface area contributed by atoms with E-state index in [0.717, 1.165) is 26.4 Å². The lowest BCUT2D eigenvalue weighted by Crippen LogP contribution is -2.13. The number of halogens is 1. The number of ether oxygens (including phenoxy) is 1. The number of aromatic nitrogens is 1. The summed E-state index contributed by atoms with van der Waals surface area (Å²) in [4.78, 5) is 17.4. The maximum Gasteiger partial charge on any atom is 0.257 e. The summed E-state index contributed by atoms with van der Waals surface area (Å²) in [6, 6.07) is 19.0. The van der Waals surface area contributed by atoms with E-state index in [2.05, 4.69) is 10.3 Å². The third kappa shape index (κ3) is 3.59. The van der Waals surface area contributed by atoms with Crippen molar-refractivity contribution in [1.29, 1.82) is 0 Å². The molecule has 0 saturated heterocycles. The standard InChI is InChI=1S/C22H17ClN2O2S/c1-13-7-9-15(16(23)11-13)21(26)24-18-12-14(8-10-19(18)27-2)22-25-17-5-3-4-6-20(17)28-22/h3-12H,1-2H3,(H,24,26). The van der Waals surface area contributed by atoms with Crippen LogP contribution in [0.4, 0.5) is 5.69 Å². The van der Waals surface area contributed by atoms with E-state index in [4.69, 9.17) is 16.3 Å². The predicted octanol–water partition coefficient (Wildman–Crippen LogP) is 6.19. The van der Waals surface area contributed by atoms with Gasteiger partial charge in [0.25, 0.3) is 5.91 Å². The Morgan fingerprint density at radius 2 is 1.93 bits per heavy atom. The van der Waals surface area contributed by atoms with E-state index < -0.39 is 0 Å². The Morgan fingerprint density at radius 3 is 2.68 bits per heavy atom. The molecular weight excluding hydrogens is 392 g/mol. The number of carbonyl (C=O) groups excluding carboxylic acids is 1. The van der Waals surface area contributed by atoms with E-state index in [-0.39, 0.29) is 5.91 Å². The number of fused-ring (bicyclic) bond motifs is 1. The molecule has 1 amide bonds. The first kappa shape index (κ1) is 18.5. The zero-order chi connectivity index (χ0) is 19.7. The number of para-hydroxylation sites is 1. The number of rotatable bonds is 4. The lowest BCUT2D eigenvalue weighted by atomic mass is 10.1. The molecule has 4 nitrogen and oxygen atoms in total. The Hall–Kier alpha value is -2.89. The van der Waals surface area contributed by atoms with E-state index in [9.17, 15) is 4.79 Å². The Balaban J connectivity index is 1.69. The molecule has 4 rings (SSSR count). The van der Waals surface area contributed by atoms with Crippen LogP contribution in [0.2, 0.25) is 5.02 Å². The van der Waals surface area contributed by atoms with E-state index >= 15 is 0 Å². The molecule has 6 heteroatoms. The molecule has 0 aliphatic rings. The first-order valence-electron chi connectivity index (χ1n) is 8.66. The summed E-state index contributed by atoms with van der Waals surface area (Å²) in [7, 11) is 1.57. The fourth-order valence-corrected chi connectivity index (χ4v) is 4.21. The van der Waals surface area contributed by atoms with Crippen molar-refractivity contribution >= 4 is 44.7 Å². The molecule has 4 aromatic rings. The number of aryl methyl sites for hydroxylation is 1. The Labute approximate surface area is 171 Å². The van der Waals surface area contributed by atoms with Gasteiger partial charge in [-0.05, 0) is 55.0 Å². The summed E-state index contributed by atoms with van der Waals surface area (Å²) in [5.74, 6) is 0.284. The lowest BCUT2D eigenvalue weighted by Gasteiger charge is -2.12. The van der Waals surface area contributed by atoms with Crippen LogP contribution in [0.1, 0.15) is 15.9 Å². The largest absolute Gasteiger partial charge is 0.495 e. The highest BCUT2D eigenvalue weighted by Gasteiger charge is 2.15. The number of nitrogens with one attached hydrogen (secondary N) is 1. The van der Waals surface area contributed by atoms with Gasteiger partial charge in [0.15, 0.2) is 0 Å². The quantitative estimate of drug-likeness (QED) is 0.438. The number of anilines is 1. The van der Waals surface area contributed by atoms with Gasteiger partial charge in [-0.25, -0.2) is 4.98 Å². The fourth-order valence-electron chi connectivity index (χ4n) is 2.93. The number of benzene rings is 3. The molecule has 0 aliphatic carbocycles. The average Bonchev–Trinajstić information content (AvgIpc) is 3.12. The normalized spacial score (nSPS) is 10.8. The van der Waals surface area contributed by atoms with Crippen molar-refractivity contribution in [3.63, 3.8) is 0 Å². The van der Waals surface area contributed by atoms with Gasteiger partial charge in [0.1, 0.15) is 10.8 Å². The van der Waals surface area contributed by atoms with Gasteiger partial charge in [-0.3, -0.25) is 4.79 Å². The van der Waals surface area contributed by atoms with Crippen LogP contribution in [-0.2, 0) is 0 Å². The SMILES string of the molecule is COc1ccc(-c2nc3ccccc3s2)cc1NC(=O)c1ccc(C)cc1Cl. The van der Waals surface area contributed by atoms with E-state index in [1.165, 1.54) is 0 Å². The third-order valence-electron chi connectivity index (χ3n) is 4.36. The molecule has 0 unspecified atom stereocenters. The minimum absolute atomic E-state index is 0.287. The van der Waals surface area contributed by atoms with E-state index in [0.29, 0.717) is 22.0 Å². The second kappa shape index (κ2) is 7.62. The van der Waals surface area contributed by atoms with Crippen LogP contribution >= 0.6 is 22.9 Å². The second-order valence-electron chi connectivity index (χ2n) is 6.34. The number of hydrogen-bond acceptors (Lipinski definition) is 4. The van der Waals surface area contributed by atoms with Gasteiger partial charge in [-0.1, -0.05) is 29.8 Å². The van der Waals surface area contributed by atoms with Crippen molar-refractivity contribution in [2.45, 2.75) is 6.92 Å². The molecule has 0 bridgehead atoms. The monoisotopic (exact) mass is 408 g/mol. The van der Waals surface area contributed by atoms with Gasteiger partial charge < -0.3 is 10.1 Å². The maximum absolute atomic E-state index is 12.7. The zero-order valence-corrected chi connectivity index (χ0v) is 16.9. The van der Waals surface area contributed by atoms with Crippen molar-refractivity contribution < 1.29 is 9.53 Å². The molecule has 0 saturated carbocycles. The molecule has 140 valence electrons. The van der Waals surface area contributed by atoms with Gasteiger partial charge in [0, 0.05) is 5.56 Å². The molecule has 0 spiro atoms. The van der Waals surface area contributed by atoms with Crippen molar-refractivity contribution in [3.8, 4) is 16.3 Å². The number of methoxy groups -OCH3 is 1. The number of amides is 1. The zero-order valence-electron chi connectivity index (χ0n) is 15.3. The molecule has 28 heavy (non-hydrogen) atoms. The molecule has 0 fully saturated rings. The van der Waals surface area contributed by atoms with Crippen molar-refractivity contribution in [1.82, 2.24) is 4.98 Å². The molecule has 0 radical (unpaired) electrons. The topological polar surface area (TPSA) is 51.2 Å². The lowest BCUT2D eigenvalue weighted by molar-refractivity contribution is 0.102. The number of thiazole rings is 1. The minimum Gasteiger partial charge on any atom is -0.495 e. The fraction of sp³-hybridized carbons (Fsp3) is 0.0909. The minimum atomic E-state index is -0.287. The molecule has 0 atom stereocenters. The first-order valence-corrected chi connectivity index (χ1v) is 9.86. The molecular formula is C22H17ClN2O2S. The summed E-state index contributed by atoms with van der Waals surface area (Å²) in [5.41, 5.74) is 3.85. The van der Waals surface area contributed by atoms with Crippen LogP contribution in [0.3, 0.4) is 0 Å². The predicted molar refractivity (Wildman–Crippen MR) is 116 cm³/mol. The van der Waals surface area contributed by atoms with E-state index in [1.54, 1.807) is 30.6 Å². The Kier molecular flexibility index (Phi) is 5.03. The number of carbonyl (C=O) groups is 1. The van der Waals surface area contributed by atoms with Crippen LogP contribution in [0.25, 0.3) is 20.8 Å². The van der Waals surface area contributed by atoms with Crippen molar-refractivity contribution in [2.75, 3.05) is 12.4 Å². The molecule has 1 heterocycles. The number of hydrogen-bond donors (Lipinski definition) is 1. The summed E-state index contributed by atoms with van der Waals surface area (Å²) in [6.07, 6.45) is 0. The van der Waals surface area contributed by atoms with Crippen molar-refractivity contribution in [2.24, 2.45) is 0 Å². The Bertz CT molecular complexity index is 1150. The Morgan fingerprint density at radius 1 is 1.11 bits per heavy atom.